The molecule has 0 aromatic heterocycles. The Morgan fingerprint density at radius 2 is 1.47 bits per heavy atom. The van der Waals surface area contributed by atoms with Gasteiger partial charge in [-0.3, -0.25) is 0 Å². The van der Waals surface area contributed by atoms with Crippen molar-refractivity contribution in [2.24, 2.45) is 0 Å². The molecular weight excluding hydrogens is 244 g/mol. The summed E-state index contributed by atoms with van der Waals surface area (Å²) < 4.78 is 0. The Balaban J connectivity index is 3.34. The van der Waals surface area contributed by atoms with Gasteiger partial charge in [0.15, 0.2) is 0 Å². The first-order chi connectivity index (χ1) is 8.99. The Morgan fingerprint density at radius 3 is 1.89 bits per heavy atom. The second-order valence-electron chi connectivity index (χ2n) is 6.22. The molecule has 0 radical (unpaired) electrons. The summed E-state index contributed by atoms with van der Waals surface area (Å²) in [5.74, 6) is 0. The van der Waals surface area contributed by atoms with Gasteiger partial charge in [-0.25, -0.2) is 0 Å². The standard InChI is InChI=1S/C18H28Si/c1-6-11-16(12-7-2)15-18(19(3,4)5)17-13-9-8-10-14-17/h8-10,13-14H,6-7,11-12H2,1-5H3. The third-order valence-electron chi connectivity index (χ3n) is 3.22. The van der Waals surface area contributed by atoms with Crippen LogP contribution in [0.3, 0.4) is 0 Å². The predicted octanol–water partition coefficient (Wildman–Crippen LogP) is 6.07. The van der Waals surface area contributed by atoms with E-state index in [0.29, 0.717) is 0 Å². The number of allylic oxidation sites excluding steroid dienone is 1. The van der Waals surface area contributed by atoms with Crippen LogP contribution in [0.1, 0.15) is 45.1 Å². The maximum Gasteiger partial charge on any atom is 0.0883 e. The van der Waals surface area contributed by atoms with Crippen molar-refractivity contribution in [1.29, 1.82) is 0 Å². The number of hydrogen-bond donors (Lipinski definition) is 0. The van der Waals surface area contributed by atoms with Crippen LogP contribution in [0.25, 0.3) is 5.20 Å². The monoisotopic (exact) mass is 272 g/mol. The number of benzene rings is 1. The molecule has 0 N–H and O–H groups in total. The second-order valence-corrected chi connectivity index (χ2v) is 11.2. The molecule has 1 rings (SSSR count). The van der Waals surface area contributed by atoms with Crippen LogP contribution in [0.4, 0.5) is 0 Å². The molecule has 0 aliphatic carbocycles. The molecule has 0 atom stereocenters. The minimum Gasteiger partial charge on any atom is -0.122 e. The van der Waals surface area contributed by atoms with E-state index >= 15 is 0 Å². The molecule has 0 bridgehead atoms. The fraction of sp³-hybridized carbons (Fsp3) is 0.500. The molecule has 0 unspecified atom stereocenters. The van der Waals surface area contributed by atoms with E-state index in [1.54, 1.807) is 0 Å². The molecule has 0 nitrogen and oxygen atoms in total. The minimum atomic E-state index is -1.36. The van der Waals surface area contributed by atoms with Crippen molar-refractivity contribution in [3.8, 4) is 0 Å². The highest BCUT2D eigenvalue weighted by atomic mass is 28.3. The first kappa shape index (κ1) is 16.0. The molecule has 0 aliphatic rings. The van der Waals surface area contributed by atoms with Gasteiger partial charge in [-0.2, -0.15) is 0 Å². The quantitative estimate of drug-likeness (QED) is 0.435. The Bertz CT molecular complexity index is 434. The summed E-state index contributed by atoms with van der Waals surface area (Å²) in [6.45, 7) is 11.8. The highest BCUT2D eigenvalue weighted by Gasteiger charge is 2.21. The molecule has 19 heavy (non-hydrogen) atoms. The van der Waals surface area contributed by atoms with Gasteiger partial charge in [0.05, 0.1) is 8.07 Å². The first-order valence-corrected chi connectivity index (χ1v) is 11.0. The van der Waals surface area contributed by atoms with Crippen molar-refractivity contribution in [1.82, 2.24) is 0 Å². The molecule has 0 fully saturated rings. The fourth-order valence-corrected chi connectivity index (χ4v) is 3.91. The average molecular weight is 273 g/mol. The molecule has 1 heteroatoms. The van der Waals surface area contributed by atoms with Gasteiger partial charge in [0.25, 0.3) is 0 Å². The van der Waals surface area contributed by atoms with E-state index in [4.69, 9.17) is 0 Å². The molecule has 0 amide bonds. The summed E-state index contributed by atoms with van der Waals surface area (Å²) in [6, 6.07) is 10.8. The highest BCUT2D eigenvalue weighted by Crippen LogP contribution is 2.26. The molecule has 0 saturated heterocycles. The van der Waals surface area contributed by atoms with Gasteiger partial charge in [-0.1, -0.05) is 76.7 Å². The van der Waals surface area contributed by atoms with Crippen LogP contribution in [-0.4, -0.2) is 8.07 Å². The lowest BCUT2D eigenvalue weighted by Crippen LogP contribution is -2.22. The highest BCUT2D eigenvalue weighted by molar-refractivity contribution is 6.93. The summed E-state index contributed by atoms with van der Waals surface area (Å²) in [7, 11) is -1.36. The van der Waals surface area contributed by atoms with E-state index in [-0.39, 0.29) is 0 Å². The maximum atomic E-state index is 3.81. The summed E-state index contributed by atoms with van der Waals surface area (Å²) >= 11 is 0. The Morgan fingerprint density at radius 1 is 0.947 bits per heavy atom. The topological polar surface area (TPSA) is 0 Å². The molecule has 104 valence electrons. The number of rotatable bonds is 6. The molecule has 0 saturated carbocycles. The van der Waals surface area contributed by atoms with E-state index in [9.17, 15) is 0 Å². The fourth-order valence-electron chi connectivity index (χ4n) is 2.33. The van der Waals surface area contributed by atoms with Crippen LogP contribution >= 0.6 is 0 Å². The van der Waals surface area contributed by atoms with Crippen molar-refractivity contribution in [3.05, 3.63) is 47.2 Å². The molecule has 1 aromatic carbocycles. The summed E-state index contributed by atoms with van der Waals surface area (Å²) in [6.07, 6.45) is 4.81. The molecule has 0 heterocycles. The van der Waals surface area contributed by atoms with Gasteiger partial charge >= 0.3 is 0 Å². The van der Waals surface area contributed by atoms with Crippen molar-refractivity contribution in [2.45, 2.75) is 59.2 Å². The van der Waals surface area contributed by atoms with Crippen LogP contribution in [0.5, 0.6) is 0 Å². The van der Waals surface area contributed by atoms with Gasteiger partial charge in [0, 0.05) is 0 Å². The largest absolute Gasteiger partial charge is 0.122 e. The maximum absolute atomic E-state index is 3.81. The normalized spacial score (nSPS) is 11.0. The zero-order valence-corrected chi connectivity index (χ0v) is 14.2. The predicted molar refractivity (Wildman–Crippen MR) is 90.0 cm³/mol. The third-order valence-corrected chi connectivity index (χ3v) is 5.13. The van der Waals surface area contributed by atoms with Crippen molar-refractivity contribution >= 4 is 13.3 Å². The van der Waals surface area contributed by atoms with Crippen LogP contribution < -0.4 is 0 Å². The second kappa shape index (κ2) is 7.52. The molecule has 0 spiro atoms. The smallest absolute Gasteiger partial charge is 0.0883 e. The van der Waals surface area contributed by atoms with E-state index < -0.39 is 8.07 Å². The summed E-state index contributed by atoms with van der Waals surface area (Å²) in [5.41, 5.74) is 6.68. The van der Waals surface area contributed by atoms with Crippen LogP contribution in [0.15, 0.2) is 41.6 Å². The molecule has 0 aliphatic heterocycles. The van der Waals surface area contributed by atoms with Gasteiger partial charge < -0.3 is 0 Å². The van der Waals surface area contributed by atoms with Crippen LogP contribution in [-0.2, 0) is 0 Å². The average Bonchev–Trinajstić information content (AvgIpc) is 2.36. The van der Waals surface area contributed by atoms with Gasteiger partial charge in [-0.05, 0) is 29.2 Å². The van der Waals surface area contributed by atoms with Crippen LogP contribution in [0, 0.1) is 0 Å². The summed E-state index contributed by atoms with van der Waals surface area (Å²) in [5, 5.41) is 1.48. The minimum absolute atomic E-state index is 1.19. The zero-order chi connectivity index (χ0) is 14.3. The number of hydrogen-bond acceptors (Lipinski definition) is 0. The first-order valence-electron chi connectivity index (χ1n) is 7.53. The van der Waals surface area contributed by atoms with Crippen molar-refractivity contribution < 1.29 is 0 Å². The lowest BCUT2D eigenvalue weighted by molar-refractivity contribution is 0.806. The van der Waals surface area contributed by atoms with E-state index in [1.807, 2.05) is 0 Å². The zero-order valence-electron chi connectivity index (χ0n) is 13.2. The Hall–Kier alpha value is -1.04. The Labute approximate surface area is 120 Å². The lowest BCUT2D eigenvalue weighted by atomic mass is 10.1. The summed E-state index contributed by atoms with van der Waals surface area (Å²) in [4.78, 5) is 0. The molecule has 1 aromatic rings. The SMILES string of the molecule is CCCC(=C=C(c1ccccc1)[Si](C)(C)C)CCC. The third kappa shape index (κ3) is 5.22. The van der Waals surface area contributed by atoms with Gasteiger partial charge in [-0.15, -0.1) is 5.73 Å². The van der Waals surface area contributed by atoms with Crippen molar-refractivity contribution in [3.63, 3.8) is 0 Å². The van der Waals surface area contributed by atoms with Crippen molar-refractivity contribution in [2.75, 3.05) is 0 Å². The van der Waals surface area contributed by atoms with Gasteiger partial charge in [0.1, 0.15) is 0 Å². The van der Waals surface area contributed by atoms with E-state index in [1.165, 1.54) is 42.0 Å². The van der Waals surface area contributed by atoms with E-state index in [2.05, 4.69) is 69.6 Å². The van der Waals surface area contributed by atoms with Gasteiger partial charge in [0.2, 0.25) is 0 Å². The van der Waals surface area contributed by atoms with E-state index in [0.717, 1.165) is 0 Å². The molecular formula is C18H28Si. The lowest BCUT2D eigenvalue weighted by Gasteiger charge is -2.20. The Kier molecular flexibility index (Phi) is 6.34. The van der Waals surface area contributed by atoms with Crippen LogP contribution in [0.2, 0.25) is 19.6 Å².